The van der Waals surface area contributed by atoms with Crippen LogP contribution in [0.15, 0.2) is 0 Å². The third kappa shape index (κ3) is 4.76. The molecule has 0 amide bonds. The summed E-state index contributed by atoms with van der Waals surface area (Å²) in [6.07, 6.45) is 7.39. The van der Waals surface area contributed by atoms with Crippen LogP contribution in [0.4, 0.5) is 0 Å². The molecular formula is C15H26ClN3O. The van der Waals surface area contributed by atoms with E-state index in [1.807, 2.05) is 0 Å². The summed E-state index contributed by atoms with van der Waals surface area (Å²) in [4.78, 5) is 7.66. The molecule has 2 unspecified atom stereocenters. The highest BCUT2D eigenvalue weighted by Crippen LogP contribution is 2.23. The first-order valence-electron chi connectivity index (χ1n) is 7.81. The SMILES string of the molecule is CCCCc1nc(Cl)c(CNCC2CCCC(O)C2)[nH]1. The van der Waals surface area contributed by atoms with Crippen molar-refractivity contribution < 1.29 is 5.11 Å². The van der Waals surface area contributed by atoms with Gasteiger partial charge in [-0.2, -0.15) is 0 Å². The van der Waals surface area contributed by atoms with Gasteiger partial charge in [0.05, 0.1) is 11.8 Å². The van der Waals surface area contributed by atoms with Crippen LogP contribution in [0, 0.1) is 5.92 Å². The van der Waals surface area contributed by atoms with Gasteiger partial charge in [-0.1, -0.05) is 31.4 Å². The molecule has 0 spiro atoms. The number of H-pyrrole nitrogens is 1. The number of nitrogens with one attached hydrogen (secondary N) is 2. The fourth-order valence-corrected chi connectivity index (χ4v) is 3.08. The molecular weight excluding hydrogens is 274 g/mol. The van der Waals surface area contributed by atoms with Crippen LogP contribution in [-0.4, -0.2) is 27.7 Å². The molecule has 1 aliphatic rings. The lowest BCUT2D eigenvalue weighted by atomic mass is 9.87. The van der Waals surface area contributed by atoms with E-state index in [4.69, 9.17) is 11.6 Å². The average Bonchev–Trinajstić information content (AvgIpc) is 2.77. The van der Waals surface area contributed by atoms with Crippen LogP contribution in [0.25, 0.3) is 0 Å². The lowest BCUT2D eigenvalue weighted by molar-refractivity contribution is 0.101. The topological polar surface area (TPSA) is 60.9 Å². The van der Waals surface area contributed by atoms with Crippen LogP contribution < -0.4 is 5.32 Å². The van der Waals surface area contributed by atoms with Crippen molar-refractivity contribution in [3.63, 3.8) is 0 Å². The lowest BCUT2D eigenvalue weighted by Crippen LogP contribution is -2.29. The molecule has 1 aromatic heterocycles. The van der Waals surface area contributed by atoms with Crippen molar-refractivity contribution in [1.82, 2.24) is 15.3 Å². The van der Waals surface area contributed by atoms with Gasteiger partial charge in [0, 0.05) is 13.0 Å². The normalized spacial score (nSPS) is 23.1. The summed E-state index contributed by atoms with van der Waals surface area (Å²) < 4.78 is 0. The molecule has 1 aromatic rings. The standard InChI is InChI=1S/C15H26ClN3O/c1-2-3-7-14-18-13(15(16)19-14)10-17-9-11-5-4-6-12(20)8-11/h11-12,17,20H,2-10H2,1H3,(H,18,19). The van der Waals surface area contributed by atoms with Gasteiger partial charge in [-0.15, -0.1) is 0 Å². The first kappa shape index (κ1) is 15.8. The molecule has 3 N–H and O–H groups in total. The molecule has 0 radical (unpaired) electrons. The second kappa shape index (κ2) is 8.01. The van der Waals surface area contributed by atoms with Crippen LogP contribution >= 0.6 is 11.6 Å². The van der Waals surface area contributed by atoms with Crippen LogP contribution in [0.5, 0.6) is 0 Å². The number of rotatable bonds is 7. The zero-order valence-electron chi connectivity index (χ0n) is 12.3. The Bertz CT molecular complexity index is 408. The summed E-state index contributed by atoms with van der Waals surface area (Å²) in [5, 5.41) is 13.7. The number of unbranched alkanes of at least 4 members (excludes halogenated alkanes) is 1. The van der Waals surface area contributed by atoms with E-state index in [0.29, 0.717) is 11.1 Å². The van der Waals surface area contributed by atoms with Gasteiger partial charge in [0.15, 0.2) is 5.15 Å². The van der Waals surface area contributed by atoms with E-state index in [-0.39, 0.29) is 6.10 Å². The van der Waals surface area contributed by atoms with E-state index in [1.54, 1.807) is 0 Å². The Morgan fingerprint density at radius 1 is 1.45 bits per heavy atom. The molecule has 1 heterocycles. The van der Waals surface area contributed by atoms with Gasteiger partial charge >= 0.3 is 0 Å². The Balaban J connectivity index is 1.74. The fourth-order valence-electron chi connectivity index (χ4n) is 2.87. The summed E-state index contributed by atoms with van der Waals surface area (Å²) in [5.74, 6) is 1.57. The number of aliphatic hydroxyl groups is 1. The van der Waals surface area contributed by atoms with Crippen LogP contribution in [0.1, 0.15) is 57.0 Å². The molecule has 0 aromatic carbocycles. The van der Waals surface area contributed by atoms with E-state index >= 15 is 0 Å². The van der Waals surface area contributed by atoms with E-state index in [1.165, 1.54) is 6.42 Å². The number of aromatic nitrogens is 2. The fraction of sp³-hybridized carbons (Fsp3) is 0.800. The number of aryl methyl sites for hydroxylation is 1. The summed E-state index contributed by atoms with van der Waals surface area (Å²) in [7, 11) is 0. The third-order valence-corrected chi connectivity index (χ3v) is 4.35. The summed E-state index contributed by atoms with van der Waals surface area (Å²) >= 11 is 6.15. The number of nitrogens with zero attached hydrogens (tertiary/aromatic N) is 1. The Labute approximate surface area is 126 Å². The van der Waals surface area contributed by atoms with Crippen molar-refractivity contribution in [1.29, 1.82) is 0 Å². The highest BCUT2D eigenvalue weighted by Gasteiger charge is 2.19. The zero-order valence-corrected chi connectivity index (χ0v) is 13.0. The number of halogens is 1. The number of imidazole rings is 1. The maximum absolute atomic E-state index is 9.66. The minimum Gasteiger partial charge on any atom is -0.393 e. The molecule has 4 nitrogen and oxygen atoms in total. The monoisotopic (exact) mass is 299 g/mol. The Morgan fingerprint density at radius 2 is 2.30 bits per heavy atom. The summed E-state index contributed by atoms with van der Waals surface area (Å²) in [5.41, 5.74) is 0.981. The van der Waals surface area contributed by atoms with Crippen molar-refractivity contribution in [2.45, 2.75) is 64.5 Å². The first-order valence-corrected chi connectivity index (χ1v) is 8.18. The number of hydrogen-bond acceptors (Lipinski definition) is 3. The molecule has 20 heavy (non-hydrogen) atoms. The van der Waals surface area contributed by atoms with Crippen molar-refractivity contribution in [3.8, 4) is 0 Å². The average molecular weight is 300 g/mol. The largest absolute Gasteiger partial charge is 0.393 e. The first-order chi connectivity index (χ1) is 9.69. The van der Waals surface area contributed by atoms with Gasteiger partial charge in [0.2, 0.25) is 0 Å². The highest BCUT2D eigenvalue weighted by molar-refractivity contribution is 6.30. The molecule has 1 fully saturated rings. The molecule has 0 aliphatic heterocycles. The molecule has 1 aliphatic carbocycles. The van der Waals surface area contributed by atoms with E-state index < -0.39 is 0 Å². The molecule has 1 saturated carbocycles. The van der Waals surface area contributed by atoms with Gasteiger partial charge in [-0.25, -0.2) is 4.98 Å². The van der Waals surface area contributed by atoms with Crippen molar-refractivity contribution >= 4 is 11.6 Å². The van der Waals surface area contributed by atoms with E-state index in [2.05, 4.69) is 22.2 Å². The molecule has 114 valence electrons. The summed E-state index contributed by atoms with van der Waals surface area (Å²) in [6.45, 7) is 3.84. The summed E-state index contributed by atoms with van der Waals surface area (Å²) in [6, 6.07) is 0. The predicted octanol–water partition coefficient (Wildman–Crippen LogP) is 3.05. The van der Waals surface area contributed by atoms with Crippen LogP contribution in [-0.2, 0) is 13.0 Å². The van der Waals surface area contributed by atoms with Crippen molar-refractivity contribution in [2.75, 3.05) is 6.54 Å². The predicted molar refractivity (Wildman–Crippen MR) is 81.9 cm³/mol. The molecule has 5 heteroatoms. The third-order valence-electron chi connectivity index (χ3n) is 4.03. The second-order valence-corrected chi connectivity index (χ2v) is 6.23. The zero-order chi connectivity index (χ0) is 14.4. The quantitative estimate of drug-likeness (QED) is 0.725. The molecule has 2 rings (SSSR count). The lowest BCUT2D eigenvalue weighted by Gasteiger charge is -2.25. The van der Waals surface area contributed by atoms with E-state index in [0.717, 1.165) is 63.1 Å². The van der Waals surface area contributed by atoms with Gasteiger partial charge in [-0.05, 0) is 38.1 Å². The highest BCUT2D eigenvalue weighted by atomic mass is 35.5. The number of aliphatic hydroxyl groups excluding tert-OH is 1. The molecule has 0 saturated heterocycles. The van der Waals surface area contributed by atoms with E-state index in [9.17, 15) is 5.11 Å². The van der Waals surface area contributed by atoms with Crippen molar-refractivity contribution in [3.05, 3.63) is 16.7 Å². The van der Waals surface area contributed by atoms with Crippen molar-refractivity contribution in [2.24, 2.45) is 5.92 Å². The van der Waals surface area contributed by atoms with Gasteiger partial charge < -0.3 is 15.4 Å². The number of hydrogen-bond donors (Lipinski definition) is 3. The van der Waals surface area contributed by atoms with Gasteiger partial charge in [0.1, 0.15) is 5.82 Å². The van der Waals surface area contributed by atoms with Crippen LogP contribution in [0.3, 0.4) is 0 Å². The van der Waals surface area contributed by atoms with Gasteiger partial charge in [-0.3, -0.25) is 0 Å². The smallest absolute Gasteiger partial charge is 0.151 e. The van der Waals surface area contributed by atoms with Crippen LogP contribution in [0.2, 0.25) is 5.15 Å². The Kier molecular flexibility index (Phi) is 6.33. The Hall–Kier alpha value is -0.580. The maximum atomic E-state index is 9.66. The Morgan fingerprint density at radius 3 is 3.05 bits per heavy atom. The molecule has 0 bridgehead atoms. The van der Waals surface area contributed by atoms with Gasteiger partial charge in [0.25, 0.3) is 0 Å². The number of aromatic amines is 1. The molecule has 2 atom stereocenters. The maximum Gasteiger partial charge on any atom is 0.151 e. The minimum atomic E-state index is -0.105. The second-order valence-electron chi connectivity index (χ2n) is 5.87. The minimum absolute atomic E-state index is 0.105.